The molecule has 0 amide bonds. The van der Waals surface area contributed by atoms with Crippen LogP contribution in [0.2, 0.25) is 0 Å². The Morgan fingerprint density at radius 3 is 2.36 bits per heavy atom. The van der Waals surface area contributed by atoms with E-state index in [0.29, 0.717) is 27.0 Å². The second kappa shape index (κ2) is 7.70. The zero-order chi connectivity index (χ0) is 20.5. The second-order valence-corrected chi connectivity index (χ2v) is 7.26. The first-order valence-corrected chi connectivity index (χ1v) is 9.38. The molecule has 1 atom stereocenters. The van der Waals surface area contributed by atoms with Crippen LogP contribution in [0.1, 0.15) is 15.2 Å². The molecule has 0 fully saturated rings. The van der Waals surface area contributed by atoms with Gasteiger partial charge in [0.2, 0.25) is 0 Å². The Kier molecular flexibility index (Phi) is 5.49. The van der Waals surface area contributed by atoms with Gasteiger partial charge in [0.25, 0.3) is 0 Å². The van der Waals surface area contributed by atoms with Crippen molar-refractivity contribution in [2.75, 3.05) is 4.31 Å². The Morgan fingerprint density at radius 2 is 1.86 bits per heavy atom. The number of hydrogen-bond acceptors (Lipinski definition) is 5. The lowest BCUT2D eigenvalue weighted by molar-refractivity contribution is -0.137. The van der Waals surface area contributed by atoms with Gasteiger partial charge in [-0.15, -0.1) is 11.3 Å². The van der Waals surface area contributed by atoms with Crippen LogP contribution >= 0.6 is 11.3 Å². The SMILES string of the molecule is O=C(O)c1sc(-c2ccccc2)cc1N(c1ccc(C(F)(F)F)cn1)S(=O)[O-]. The quantitative estimate of drug-likeness (QED) is 0.607. The fourth-order valence-electron chi connectivity index (χ4n) is 2.38. The van der Waals surface area contributed by atoms with E-state index in [1.54, 1.807) is 30.3 Å². The number of alkyl halides is 3. The molecule has 0 saturated heterocycles. The number of pyridine rings is 1. The summed E-state index contributed by atoms with van der Waals surface area (Å²) in [4.78, 5) is 15.4. The van der Waals surface area contributed by atoms with Crippen molar-refractivity contribution in [2.45, 2.75) is 6.18 Å². The van der Waals surface area contributed by atoms with Crippen LogP contribution in [0.4, 0.5) is 24.7 Å². The largest absolute Gasteiger partial charge is 0.755 e. The molecule has 0 aliphatic rings. The van der Waals surface area contributed by atoms with E-state index in [1.165, 1.54) is 6.07 Å². The summed E-state index contributed by atoms with van der Waals surface area (Å²) in [6.45, 7) is 0. The number of nitrogens with zero attached hydrogens (tertiary/aromatic N) is 2. The number of carboxylic acid groups (broad SMARTS) is 1. The number of aromatic carboxylic acids is 1. The van der Waals surface area contributed by atoms with Crippen molar-refractivity contribution in [2.24, 2.45) is 0 Å². The minimum atomic E-state index is -4.64. The lowest BCUT2D eigenvalue weighted by atomic mass is 10.2. The van der Waals surface area contributed by atoms with E-state index in [0.717, 1.165) is 17.4 Å². The molecule has 0 saturated carbocycles. The Bertz CT molecular complexity index is 1020. The third-order valence-electron chi connectivity index (χ3n) is 3.62. The average molecular weight is 427 g/mol. The highest BCUT2D eigenvalue weighted by molar-refractivity contribution is 7.81. The zero-order valence-electron chi connectivity index (χ0n) is 13.7. The molecule has 11 heteroatoms. The summed E-state index contributed by atoms with van der Waals surface area (Å²) >= 11 is -2.17. The molecule has 1 aromatic carbocycles. The Hall–Kier alpha value is -2.76. The number of halogens is 3. The van der Waals surface area contributed by atoms with Crippen molar-refractivity contribution in [1.29, 1.82) is 0 Å². The van der Waals surface area contributed by atoms with Gasteiger partial charge in [-0.05, 0) is 23.8 Å². The monoisotopic (exact) mass is 427 g/mol. The van der Waals surface area contributed by atoms with E-state index in [1.807, 2.05) is 0 Å². The summed E-state index contributed by atoms with van der Waals surface area (Å²) in [7, 11) is 0. The van der Waals surface area contributed by atoms with Gasteiger partial charge in [0.15, 0.2) is 0 Å². The lowest BCUT2D eigenvalue weighted by Gasteiger charge is -2.25. The predicted molar refractivity (Wildman–Crippen MR) is 97.0 cm³/mol. The summed E-state index contributed by atoms with van der Waals surface area (Å²) in [5.41, 5.74) is -0.600. The van der Waals surface area contributed by atoms with Crippen molar-refractivity contribution < 1.29 is 31.8 Å². The molecule has 1 unspecified atom stereocenters. The number of hydrogen-bond donors (Lipinski definition) is 1. The molecule has 0 aliphatic heterocycles. The molecule has 3 rings (SSSR count). The van der Waals surface area contributed by atoms with Gasteiger partial charge in [-0.1, -0.05) is 30.3 Å². The number of carboxylic acids is 1. The smallest absolute Gasteiger partial charge is 0.417 e. The highest BCUT2D eigenvalue weighted by Gasteiger charge is 2.31. The molecular formula is C17H10F3N2O4S2-. The van der Waals surface area contributed by atoms with Gasteiger partial charge in [0, 0.05) is 11.1 Å². The molecule has 0 aliphatic carbocycles. The number of carbonyl (C=O) groups is 1. The third kappa shape index (κ3) is 4.06. The number of thiophene rings is 1. The van der Waals surface area contributed by atoms with Crippen LogP contribution in [-0.4, -0.2) is 24.8 Å². The first-order valence-electron chi connectivity index (χ1n) is 7.54. The van der Waals surface area contributed by atoms with Gasteiger partial charge in [0.1, 0.15) is 10.7 Å². The van der Waals surface area contributed by atoms with E-state index >= 15 is 0 Å². The van der Waals surface area contributed by atoms with Crippen LogP contribution in [-0.2, 0) is 17.4 Å². The van der Waals surface area contributed by atoms with Crippen LogP contribution in [0.15, 0.2) is 54.7 Å². The molecule has 6 nitrogen and oxygen atoms in total. The fraction of sp³-hybridized carbons (Fsp3) is 0.0588. The molecule has 3 aromatic rings. The van der Waals surface area contributed by atoms with Gasteiger partial charge < -0.3 is 9.66 Å². The Labute approximate surface area is 163 Å². The summed E-state index contributed by atoms with van der Waals surface area (Å²) in [5.74, 6) is -1.73. The van der Waals surface area contributed by atoms with Crippen LogP contribution in [0.5, 0.6) is 0 Å². The van der Waals surface area contributed by atoms with Crippen molar-refractivity contribution in [3.05, 3.63) is 65.2 Å². The minimum absolute atomic E-state index is 0.211. The number of aromatic nitrogens is 1. The third-order valence-corrected chi connectivity index (χ3v) is 5.46. The molecule has 1 N–H and O–H groups in total. The summed E-state index contributed by atoms with van der Waals surface area (Å²) in [6.07, 6.45) is -4.15. The van der Waals surface area contributed by atoms with E-state index in [4.69, 9.17) is 0 Å². The van der Waals surface area contributed by atoms with Crippen LogP contribution in [0, 0.1) is 0 Å². The minimum Gasteiger partial charge on any atom is -0.755 e. The Morgan fingerprint density at radius 1 is 1.18 bits per heavy atom. The highest BCUT2D eigenvalue weighted by Crippen LogP contribution is 2.40. The van der Waals surface area contributed by atoms with E-state index in [2.05, 4.69) is 4.98 Å². The van der Waals surface area contributed by atoms with Gasteiger partial charge in [0.05, 0.1) is 22.5 Å². The average Bonchev–Trinajstić information content (AvgIpc) is 3.07. The molecule has 2 heterocycles. The fourth-order valence-corrected chi connectivity index (χ4v) is 3.99. The number of rotatable bonds is 5. The van der Waals surface area contributed by atoms with Crippen molar-refractivity contribution in [3.8, 4) is 10.4 Å². The predicted octanol–water partition coefficient (Wildman–Crippen LogP) is 4.46. The summed E-state index contributed by atoms with van der Waals surface area (Å²) in [6, 6.07) is 11.6. The zero-order valence-corrected chi connectivity index (χ0v) is 15.3. The van der Waals surface area contributed by atoms with Crippen molar-refractivity contribution in [1.82, 2.24) is 4.98 Å². The first kappa shape index (κ1) is 20.0. The standard InChI is InChI=1S/C17H11F3N2O4S2/c18-17(19,20)11-6-7-14(21-9-11)22(28(25)26)12-8-13(27-15(12)16(23)24)10-4-2-1-3-5-10/h1-9H,(H,23,24)(H,25,26)/p-1. The molecule has 146 valence electrons. The second-order valence-electron chi connectivity index (χ2n) is 5.41. The van der Waals surface area contributed by atoms with Gasteiger partial charge in [-0.2, -0.15) is 13.2 Å². The van der Waals surface area contributed by atoms with Crippen LogP contribution < -0.4 is 4.31 Å². The first-order chi connectivity index (χ1) is 13.2. The van der Waals surface area contributed by atoms with Crippen LogP contribution in [0.25, 0.3) is 10.4 Å². The molecule has 0 radical (unpaired) electrons. The van der Waals surface area contributed by atoms with Gasteiger partial charge >= 0.3 is 12.1 Å². The van der Waals surface area contributed by atoms with E-state index in [-0.39, 0.29) is 16.4 Å². The Balaban J connectivity index is 2.11. The maximum absolute atomic E-state index is 12.7. The summed E-state index contributed by atoms with van der Waals surface area (Å²) in [5, 5.41) is 9.47. The van der Waals surface area contributed by atoms with Crippen molar-refractivity contribution >= 4 is 40.1 Å². The molecular weight excluding hydrogens is 417 g/mol. The lowest BCUT2D eigenvalue weighted by Crippen LogP contribution is -2.22. The van der Waals surface area contributed by atoms with Gasteiger partial charge in [-0.25, -0.2) is 9.78 Å². The van der Waals surface area contributed by atoms with Crippen molar-refractivity contribution in [3.63, 3.8) is 0 Å². The topological polar surface area (TPSA) is 93.6 Å². The normalized spacial score (nSPS) is 12.6. The maximum Gasteiger partial charge on any atom is 0.417 e. The van der Waals surface area contributed by atoms with E-state index < -0.39 is 29.0 Å². The highest BCUT2D eigenvalue weighted by atomic mass is 32.2. The van der Waals surface area contributed by atoms with Crippen LogP contribution in [0.3, 0.4) is 0 Å². The molecule has 0 spiro atoms. The number of anilines is 2. The van der Waals surface area contributed by atoms with Gasteiger partial charge in [-0.3, -0.25) is 8.51 Å². The molecule has 2 aromatic heterocycles. The molecule has 28 heavy (non-hydrogen) atoms. The summed E-state index contributed by atoms with van der Waals surface area (Å²) < 4.78 is 62.2. The molecule has 0 bridgehead atoms. The number of benzene rings is 1. The van der Waals surface area contributed by atoms with E-state index in [9.17, 15) is 31.8 Å². The maximum atomic E-state index is 12.7.